The van der Waals surface area contributed by atoms with E-state index in [0.29, 0.717) is 16.7 Å². The number of likely N-dealkylation sites (tertiary alicyclic amines) is 1. The SMILES string of the molecule is O=NC(C(=O)NC1C(=O)N(C(C(=O)O)c2ccc(O)cc2)C1c1ccccc1)c1ccccc1. The lowest BCUT2D eigenvalue weighted by Crippen LogP contribution is -2.67. The van der Waals surface area contributed by atoms with Crippen molar-refractivity contribution in [3.63, 3.8) is 0 Å². The van der Waals surface area contributed by atoms with Crippen LogP contribution < -0.4 is 5.32 Å². The molecule has 1 aliphatic heterocycles. The van der Waals surface area contributed by atoms with E-state index < -0.39 is 42.0 Å². The Morgan fingerprint density at radius 2 is 1.47 bits per heavy atom. The van der Waals surface area contributed by atoms with E-state index in [0.717, 1.165) is 0 Å². The van der Waals surface area contributed by atoms with Crippen molar-refractivity contribution in [1.82, 2.24) is 10.2 Å². The quantitative estimate of drug-likeness (QED) is 0.350. The van der Waals surface area contributed by atoms with E-state index in [1.807, 2.05) is 0 Å². The summed E-state index contributed by atoms with van der Waals surface area (Å²) in [5.41, 5.74) is 1.29. The summed E-state index contributed by atoms with van der Waals surface area (Å²) in [6.07, 6.45) is 0. The first-order valence-corrected chi connectivity index (χ1v) is 10.5. The predicted octanol–water partition coefficient (Wildman–Crippen LogP) is 3.09. The van der Waals surface area contributed by atoms with Crippen LogP contribution in [-0.2, 0) is 14.4 Å². The van der Waals surface area contributed by atoms with Crippen LogP contribution in [0.2, 0.25) is 0 Å². The highest BCUT2D eigenvalue weighted by Gasteiger charge is 2.54. The number of carbonyl (C=O) groups is 3. The minimum Gasteiger partial charge on any atom is -0.508 e. The Morgan fingerprint density at radius 3 is 2.03 bits per heavy atom. The maximum Gasteiger partial charge on any atom is 0.331 e. The van der Waals surface area contributed by atoms with Crippen molar-refractivity contribution in [2.45, 2.75) is 24.2 Å². The lowest BCUT2D eigenvalue weighted by molar-refractivity contribution is -0.168. The molecule has 0 aliphatic carbocycles. The highest BCUT2D eigenvalue weighted by atomic mass is 16.4. The molecule has 1 saturated heterocycles. The molecular weight excluding hydrogens is 438 g/mol. The van der Waals surface area contributed by atoms with Crippen LogP contribution in [0.4, 0.5) is 0 Å². The molecule has 0 saturated carbocycles. The molecule has 3 N–H and O–H groups in total. The van der Waals surface area contributed by atoms with Crippen LogP contribution in [0.3, 0.4) is 0 Å². The smallest absolute Gasteiger partial charge is 0.331 e. The van der Waals surface area contributed by atoms with Gasteiger partial charge in [0.1, 0.15) is 11.8 Å². The van der Waals surface area contributed by atoms with Crippen molar-refractivity contribution in [3.05, 3.63) is 107 Å². The molecule has 3 aromatic carbocycles. The predicted molar refractivity (Wildman–Crippen MR) is 121 cm³/mol. The number of aliphatic carboxylic acids is 1. The van der Waals surface area contributed by atoms with Gasteiger partial charge in [-0.15, -0.1) is 4.91 Å². The molecule has 0 aromatic heterocycles. The molecule has 9 heteroatoms. The zero-order valence-electron chi connectivity index (χ0n) is 17.8. The molecule has 4 unspecified atom stereocenters. The van der Waals surface area contributed by atoms with Gasteiger partial charge in [0.25, 0.3) is 5.91 Å². The number of amides is 2. The second-order valence-corrected chi connectivity index (χ2v) is 7.84. The average Bonchev–Trinajstić information content (AvgIpc) is 2.85. The number of carboxylic acid groups (broad SMARTS) is 1. The van der Waals surface area contributed by atoms with Crippen LogP contribution >= 0.6 is 0 Å². The van der Waals surface area contributed by atoms with Gasteiger partial charge < -0.3 is 20.4 Å². The summed E-state index contributed by atoms with van der Waals surface area (Å²) in [5, 5.41) is 25.0. The summed E-state index contributed by atoms with van der Waals surface area (Å²) in [6.45, 7) is 0. The van der Waals surface area contributed by atoms with Gasteiger partial charge in [0.05, 0.1) is 6.04 Å². The van der Waals surface area contributed by atoms with Crippen LogP contribution in [0.5, 0.6) is 5.75 Å². The third-order valence-electron chi connectivity index (χ3n) is 5.76. The molecule has 4 rings (SSSR count). The topological polar surface area (TPSA) is 136 Å². The molecule has 0 spiro atoms. The molecule has 1 aliphatic rings. The van der Waals surface area contributed by atoms with Crippen molar-refractivity contribution in [1.29, 1.82) is 0 Å². The molecule has 9 nitrogen and oxygen atoms in total. The average molecular weight is 459 g/mol. The van der Waals surface area contributed by atoms with E-state index in [-0.39, 0.29) is 5.75 Å². The van der Waals surface area contributed by atoms with Gasteiger partial charge in [0.15, 0.2) is 12.1 Å². The second kappa shape index (κ2) is 9.53. The van der Waals surface area contributed by atoms with Crippen LogP contribution in [-0.4, -0.2) is 38.9 Å². The number of nitroso groups, excluding NO2 is 1. The maximum atomic E-state index is 13.2. The molecular formula is C25H21N3O6. The van der Waals surface area contributed by atoms with Crippen molar-refractivity contribution in [2.75, 3.05) is 0 Å². The zero-order chi connectivity index (χ0) is 24.2. The van der Waals surface area contributed by atoms with Gasteiger partial charge in [-0.25, -0.2) is 4.79 Å². The fraction of sp³-hybridized carbons (Fsp3) is 0.160. The normalized spacial score (nSPS) is 18.9. The Hall–Kier alpha value is -4.53. The molecule has 0 radical (unpaired) electrons. The summed E-state index contributed by atoms with van der Waals surface area (Å²) < 4.78 is 0. The Morgan fingerprint density at radius 1 is 0.882 bits per heavy atom. The summed E-state index contributed by atoms with van der Waals surface area (Å²) in [4.78, 5) is 50.9. The minimum atomic E-state index is -1.35. The standard InChI is InChI=1S/C25H21N3O6/c29-18-13-11-17(12-14-18)22(25(32)33)28-21(16-9-5-2-6-10-16)20(24(28)31)26-23(30)19(27-34)15-7-3-1-4-8-15/h1-14,19-22,29H,(H,26,30)(H,32,33). The van der Waals surface area contributed by atoms with Crippen LogP contribution in [0, 0.1) is 4.91 Å². The number of carbonyl (C=O) groups excluding carboxylic acids is 2. The zero-order valence-corrected chi connectivity index (χ0v) is 17.8. The third-order valence-corrected chi connectivity index (χ3v) is 5.76. The molecule has 2 amide bonds. The van der Waals surface area contributed by atoms with Gasteiger partial charge in [0, 0.05) is 0 Å². The first-order valence-electron chi connectivity index (χ1n) is 10.5. The lowest BCUT2D eigenvalue weighted by Gasteiger charge is -2.50. The number of hydrogen-bond acceptors (Lipinski definition) is 6. The van der Waals surface area contributed by atoms with E-state index in [1.165, 1.54) is 29.2 Å². The van der Waals surface area contributed by atoms with Crippen LogP contribution in [0.15, 0.2) is 90.1 Å². The highest BCUT2D eigenvalue weighted by molar-refractivity contribution is 5.98. The van der Waals surface area contributed by atoms with Crippen LogP contribution in [0.1, 0.15) is 34.8 Å². The summed E-state index contributed by atoms with van der Waals surface area (Å²) in [7, 11) is 0. The Balaban J connectivity index is 1.66. The van der Waals surface area contributed by atoms with Crippen LogP contribution in [0.25, 0.3) is 0 Å². The Kier molecular flexibility index (Phi) is 6.35. The fourth-order valence-electron chi connectivity index (χ4n) is 4.15. The van der Waals surface area contributed by atoms with Crippen molar-refractivity contribution < 1.29 is 24.6 Å². The van der Waals surface area contributed by atoms with Gasteiger partial charge in [-0.05, 0) is 28.8 Å². The number of nitrogens with one attached hydrogen (secondary N) is 1. The molecule has 1 fully saturated rings. The summed E-state index contributed by atoms with van der Waals surface area (Å²) in [5.74, 6) is -2.67. The molecule has 0 bridgehead atoms. The largest absolute Gasteiger partial charge is 0.508 e. The van der Waals surface area contributed by atoms with Crippen molar-refractivity contribution >= 4 is 17.8 Å². The highest BCUT2D eigenvalue weighted by Crippen LogP contribution is 2.42. The second-order valence-electron chi connectivity index (χ2n) is 7.84. The summed E-state index contributed by atoms with van der Waals surface area (Å²) >= 11 is 0. The van der Waals surface area contributed by atoms with Gasteiger partial charge in [-0.3, -0.25) is 9.59 Å². The van der Waals surface area contributed by atoms with E-state index in [9.17, 15) is 29.5 Å². The molecule has 4 atom stereocenters. The van der Waals surface area contributed by atoms with Gasteiger partial charge in [-0.2, -0.15) is 0 Å². The van der Waals surface area contributed by atoms with Crippen molar-refractivity contribution in [2.24, 2.45) is 5.18 Å². The number of rotatable bonds is 8. The van der Waals surface area contributed by atoms with Gasteiger partial charge in [-0.1, -0.05) is 78.0 Å². The van der Waals surface area contributed by atoms with E-state index in [4.69, 9.17) is 0 Å². The van der Waals surface area contributed by atoms with Gasteiger partial charge in [0.2, 0.25) is 5.91 Å². The van der Waals surface area contributed by atoms with E-state index in [2.05, 4.69) is 10.5 Å². The monoisotopic (exact) mass is 459 g/mol. The van der Waals surface area contributed by atoms with E-state index in [1.54, 1.807) is 60.7 Å². The number of aromatic hydroxyl groups is 1. The number of nitrogens with zero attached hydrogens (tertiary/aromatic N) is 2. The first kappa shape index (κ1) is 22.7. The number of carboxylic acids is 1. The van der Waals surface area contributed by atoms with Crippen molar-refractivity contribution in [3.8, 4) is 5.75 Å². The number of phenols is 1. The maximum absolute atomic E-state index is 13.2. The number of hydrogen-bond donors (Lipinski definition) is 3. The minimum absolute atomic E-state index is 0.0408. The number of phenolic OH excluding ortho intramolecular Hbond substituents is 1. The van der Waals surface area contributed by atoms with Gasteiger partial charge >= 0.3 is 5.97 Å². The summed E-state index contributed by atoms with van der Waals surface area (Å²) in [6, 6.07) is 17.9. The molecule has 1 heterocycles. The molecule has 172 valence electrons. The number of benzene rings is 3. The number of β-lactam (4-membered cyclic amide) rings is 1. The lowest BCUT2D eigenvalue weighted by atomic mass is 9.84. The Labute approximate surface area is 194 Å². The third kappa shape index (κ3) is 4.23. The van der Waals surface area contributed by atoms with E-state index >= 15 is 0 Å². The fourth-order valence-corrected chi connectivity index (χ4v) is 4.15. The first-order chi connectivity index (χ1) is 16.4. The molecule has 34 heavy (non-hydrogen) atoms. The Bertz CT molecular complexity index is 1200. The molecule has 3 aromatic rings.